The molecule has 3 aromatic carbocycles. The fourth-order valence-corrected chi connectivity index (χ4v) is 3.86. The summed E-state index contributed by atoms with van der Waals surface area (Å²) in [5.74, 6) is 0.809. The highest BCUT2D eigenvalue weighted by atomic mass is 16.5. The molecule has 0 radical (unpaired) electrons. The van der Waals surface area contributed by atoms with Gasteiger partial charge in [0.1, 0.15) is 5.69 Å². The summed E-state index contributed by atoms with van der Waals surface area (Å²) < 4.78 is 5.98. The first-order valence-corrected chi connectivity index (χ1v) is 9.58. The number of aromatic nitrogens is 1. The lowest BCUT2D eigenvalue weighted by molar-refractivity contribution is 0.426. The number of nitrogens with one attached hydrogen (secondary N) is 1. The summed E-state index contributed by atoms with van der Waals surface area (Å²) >= 11 is 0. The van der Waals surface area contributed by atoms with Crippen molar-refractivity contribution in [1.82, 2.24) is 10.5 Å². The molecule has 4 aromatic rings. The number of nitrogens with zero attached hydrogens (tertiary/aromatic N) is 2. The summed E-state index contributed by atoms with van der Waals surface area (Å²) in [6.45, 7) is 1.65. The molecular weight excluding hydrogens is 346 g/mol. The molecule has 5 rings (SSSR count). The topological polar surface area (TPSA) is 41.3 Å². The molecule has 1 aliphatic rings. The number of fused-ring (bicyclic) bond motifs is 1. The molecule has 1 N–H and O–H groups in total. The third kappa shape index (κ3) is 2.98. The Morgan fingerprint density at radius 3 is 2.18 bits per heavy atom. The zero-order valence-corrected chi connectivity index (χ0v) is 15.5. The van der Waals surface area contributed by atoms with Crippen molar-refractivity contribution in [1.29, 1.82) is 0 Å². The molecule has 0 fully saturated rings. The monoisotopic (exact) mass is 367 g/mol. The molecule has 138 valence electrons. The van der Waals surface area contributed by atoms with E-state index in [0.717, 1.165) is 41.5 Å². The Hall–Kier alpha value is -3.37. The van der Waals surface area contributed by atoms with Gasteiger partial charge in [0.2, 0.25) is 5.88 Å². The van der Waals surface area contributed by atoms with Crippen molar-refractivity contribution in [3.05, 3.63) is 102 Å². The van der Waals surface area contributed by atoms with Crippen LogP contribution in [0.2, 0.25) is 0 Å². The number of benzene rings is 3. The Balaban J connectivity index is 1.70. The summed E-state index contributed by atoms with van der Waals surface area (Å²) in [7, 11) is 0. The van der Waals surface area contributed by atoms with Crippen LogP contribution in [0.4, 0.5) is 11.6 Å². The zero-order chi connectivity index (χ0) is 18.8. The Labute approximate surface area is 164 Å². The molecule has 0 saturated heterocycles. The molecule has 0 amide bonds. The lowest BCUT2D eigenvalue weighted by Gasteiger charge is -2.20. The second-order valence-electron chi connectivity index (χ2n) is 6.90. The summed E-state index contributed by atoms with van der Waals surface area (Å²) in [5, 5.41) is 8.21. The third-order valence-electron chi connectivity index (χ3n) is 5.17. The molecule has 0 saturated carbocycles. The van der Waals surface area contributed by atoms with Crippen LogP contribution >= 0.6 is 0 Å². The van der Waals surface area contributed by atoms with Gasteiger partial charge in [-0.1, -0.05) is 84.0 Å². The molecule has 1 aliphatic heterocycles. The average molecular weight is 367 g/mol. The molecule has 4 nitrogen and oxygen atoms in total. The second kappa shape index (κ2) is 7.33. The van der Waals surface area contributed by atoms with Crippen molar-refractivity contribution in [3.8, 4) is 11.3 Å². The minimum Gasteiger partial charge on any atom is -0.337 e. The van der Waals surface area contributed by atoms with Crippen LogP contribution < -0.4 is 10.2 Å². The minimum atomic E-state index is 0.0198. The Kier molecular flexibility index (Phi) is 4.39. The van der Waals surface area contributed by atoms with Gasteiger partial charge in [0.05, 0.1) is 11.6 Å². The maximum atomic E-state index is 5.98. The van der Waals surface area contributed by atoms with Crippen molar-refractivity contribution < 1.29 is 4.52 Å². The van der Waals surface area contributed by atoms with Gasteiger partial charge >= 0.3 is 0 Å². The molecule has 1 aromatic heterocycles. The van der Waals surface area contributed by atoms with Crippen LogP contribution in [0.25, 0.3) is 11.3 Å². The maximum Gasteiger partial charge on any atom is 0.237 e. The lowest BCUT2D eigenvalue weighted by atomic mass is 9.95. The Bertz CT molecular complexity index is 1050. The minimum absolute atomic E-state index is 0.0198. The van der Waals surface area contributed by atoms with E-state index < -0.39 is 0 Å². The van der Waals surface area contributed by atoms with Crippen LogP contribution in [0.5, 0.6) is 0 Å². The quantitative estimate of drug-likeness (QED) is 0.542. The van der Waals surface area contributed by atoms with E-state index in [1.165, 1.54) is 5.56 Å². The van der Waals surface area contributed by atoms with E-state index in [1.54, 1.807) is 0 Å². The van der Waals surface area contributed by atoms with Gasteiger partial charge in [-0.15, -0.1) is 0 Å². The Morgan fingerprint density at radius 2 is 1.46 bits per heavy atom. The highest BCUT2D eigenvalue weighted by molar-refractivity contribution is 5.74. The van der Waals surface area contributed by atoms with Crippen LogP contribution in [0.15, 0.2) is 95.5 Å². The molecular formula is C24H21N3O. The van der Waals surface area contributed by atoms with Crippen molar-refractivity contribution in [3.63, 3.8) is 0 Å². The number of para-hydroxylation sites is 1. The standard InChI is InChI=1S/C24H21N3O/c1-4-10-18(11-5-1)22-21-23(19-12-6-2-7-13-19)26-28-24(21)27(17-16-25-22)20-14-8-3-9-15-20/h1-15,22,25H,16-17H2. The predicted molar refractivity (Wildman–Crippen MR) is 112 cm³/mol. The highest BCUT2D eigenvalue weighted by Crippen LogP contribution is 2.42. The van der Waals surface area contributed by atoms with Crippen molar-refractivity contribution in [2.75, 3.05) is 18.0 Å². The van der Waals surface area contributed by atoms with Gasteiger partial charge in [-0.25, -0.2) is 0 Å². The zero-order valence-electron chi connectivity index (χ0n) is 15.5. The number of hydrogen-bond donors (Lipinski definition) is 1. The van der Waals surface area contributed by atoms with Crippen LogP contribution in [0.1, 0.15) is 17.2 Å². The maximum absolute atomic E-state index is 5.98. The largest absolute Gasteiger partial charge is 0.337 e. The van der Waals surface area contributed by atoms with Gasteiger partial charge < -0.3 is 14.7 Å². The molecule has 0 spiro atoms. The first-order chi connectivity index (χ1) is 13.9. The van der Waals surface area contributed by atoms with Gasteiger partial charge in [0, 0.05) is 24.3 Å². The highest BCUT2D eigenvalue weighted by Gasteiger charge is 2.32. The third-order valence-corrected chi connectivity index (χ3v) is 5.17. The van der Waals surface area contributed by atoms with Crippen LogP contribution in [0, 0.1) is 0 Å². The van der Waals surface area contributed by atoms with Gasteiger partial charge in [-0.05, 0) is 17.7 Å². The summed E-state index contributed by atoms with van der Waals surface area (Å²) in [6, 6.07) is 31.1. The van der Waals surface area contributed by atoms with E-state index in [-0.39, 0.29) is 6.04 Å². The second-order valence-corrected chi connectivity index (χ2v) is 6.90. The van der Waals surface area contributed by atoms with E-state index >= 15 is 0 Å². The van der Waals surface area contributed by atoms with E-state index in [0.29, 0.717) is 0 Å². The van der Waals surface area contributed by atoms with E-state index in [4.69, 9.17) is 4.52 Å². The molecule has 0 bridgehead atoms. The molecule has 1 atom stereocenters. The van der Waals surface area contributed by atoms with Crippen molar-refractivity contribution in [2.45, 2.75) is 6.04 Å². The first-order valence-electron chi connectivity index (χ1n) is 9.58. The van der Waals surface area contributed by atoms with Gasteiger partial charge in [-0.2, -0.15) is 0 Å². The molecule has 4 heteroatoms. The van der Waals surface area contributed by atoms with Crippen LogP contribution in [-0.4, -0.2) is 18.2 Å². The molecule has 28 heavy (non-hydrogen) atoms. The first kappa shape index (κ1) is 16.8. The summed E-state index contributed by atoms with van der Waals surface area (Å²) in [5.41, 5.74) is 5.35. The predicted octanol–water partition coefficient (Wildman–Crippen LogP) is 5.17. The average Bonchev–Trinajstić information content (AvgIpc) is 3.11. The number of hydrogen-bond acceptors (Lipinski definition) is 4. The summed E-state index contributed by atoms with van der Waals surface area (Å²) in [6.07, 6.45) is 0. The van der Waals surface area contributed by atoms with E-state index in [2.05, 4.69) is 76.0 Å². The Morgan fingerprint density at radius 1 is 0.821 bits per heavy atom. The molecule has 0 aliphatic carbocycles. The molecule has 1 unspecified atom stereocenters. The van der Waals surface area contributed by atoms with E-state index in [9.17, 15) is 0 Å². The fraction of sp³-hybridized carbons (Fsp3) is 0.125. The SMILES string of the molecule is c1ccc(-c2noc3c2C(c2ccccc2)NCCN3c2ccccc2)cc1. The molecule has 2 heterocycles. The fourth-order valence-electron chi connectivity index (χ4n) is 3.86. The normalized spacial score (nSPS) is 16.4. The van der Waals surface area contributed by atoms with Gasteiger partial charge in [-0.3, -0.25) is 0 Å². The van der Waals surface area contributed by atoms with Crippen LogP contribution in [0.3, 0.4) is 0 Å². The van der Waals surface area contributed by atoms with Crippen molar-refractivity contribution in [2.24, 2.45) is 0 Å². The number of rotatable bonds is 3. The lowest BCUT2D eigenvalue weighted by Crippen LogP contribution is -2.27. The van der Waals surface area contributed by atoms with E-state index in [1.807, 2.05) is 30.3 Å². The summed E-state index contributed by atoms with van der Waals surface area (Å²) in [4.78, 5) is 2.21. The van der Waals surface area contributed by atoms with Gasteiger partial charge in [0.25, 0.3) is 0 Å². The van der Waals surface area contributed by atoms with Crippen molar-refractivity contribution >= 4 is 11.6 Å². The van der Waals surface area contributed by atoms with Crippen LogP contribution in [-0.2, 0) is 0 Å². The van der Waals surface area contributed by atoms with Gasteiger partial charge in [0.15, 0.2) is 0 Å². The number of anilines is 2. The smallest absolute Gasteiger partial charge is 0.237 e.